The summed E-state index contributed by atoms with van der Waals surface area (Å²) in [6, 6.07) is 8.75. The fourth-order valence-electron chi connectivity index (χ4n) is 3.52. The highest BCUT2D eigenvalue weighted by Gasteiger charge is 2.52. The summed E-state index contributed by atoms with van der Waals surface area (Å²) in [6.07, 6.45) is -4.79. The minimum atomic E-state index is -4.71. The summed E-state index contributed by atoms with van der Waals surface area (Å²) in [5.41, 5.74) is -1.87. The van der Waals surface area contributed by atoms with Gasteiger partial charge in [-0.25, -0.2) is 13.6 Å². The van der Waals surface area contributed by atoms with Crippen molar-refractivity contribution in [2.75, 3.05) is 11.9 Å². The zero-order valence-corrected chi connectivity index (χ0v) is 13.7. The summed E-state index contributed by atoms with van der Waals surface area (Å²) in [6.45, 7) is -0.0694. The summed E-state index contributed by atoms with van der Waals surface area (Å²) in [7, 11) is 0. The molecule has 3 nitrogen and oxygen atoms in total. The first-order valence-corrected chi connectivity index (χ1v) is 7.90. The van der Waals surface area contributed by atoms with Gasteiger partial charge in [-0.05, 0) is 24.1 Å². The van der Waals surface area contributed by atoms with Gasteiger partial charge in [0.1, 0.15) is 12.1 Å². The Morgan fingerprint density at radius 3 is 2.31 bits per heavy atom. The zero-order chi connectivity index (χ0) is 19.1. The molecule has 1 aliphatic heterocycles. The second-order valence-corrected chi connectivity index (χ2v) is 6.00. The topological polar surface area (TPSA) is 32.3 Å². The van der Waals surface area contributed by atoms with Crippen LogP contribution in [0.15, 0.2) is 42.5 Å². The number of urea groups is 1. The van der Waals surface area contributed by atoms with Gasteiger partial charge in [-0.15, -0.1) is 0 Å². The monoisotopic (exact) mass is 370 g/mol. The van der Waals surface area contributed by atoms with E-state index in [-0.39, 0.29) is 23.2 Å². The van der Waals surface area contributed by atoms with Crippen molar-refractivity contribution in [1.29, 1.82) is 0 Å². The number of nitrogens with one attached hydrogen (secondary N) is 1. The highest BCUT2D eigenvalue weighted by Crippen LogP contribution is 2.48. The third-order valence-electron chi connectivity index (χ3n) is 4.56. The van der Waals surface area contributed by atoms with Crippen molar-refractivity contribution in [3.8, 4) is 0 Å². The van der Waals surface area contributed by atoms with Crippen LogP contribution in [0, 0.1) is 11.6 Å². The highest BCUT2D eigenvalue weighted by molar-refractivity contribution is 5.94. The molecular formula is C18H15F5N2O. The summed E-state index contributed by atoms with van der Waals surface area (Å²) >= 11 is 0. The standard InChI is InChI=1S/C18H15F5N2O/c1-2-17(11-6-4-3-5-7-11)14-13(9-8-12(19)15(14)20)24-16(26)25(17)10-18(21,22)23/h3-9H,2,10H2,1H3,(H,24,26). The molecule has 0 fully saturated rings. The van der Waals surface area contributed by atoms with Gasteiger partial charge in [0.15, 0.2) is 11.6 Å². The number of halogens is 5. The van der Waals surface area contributed by atoms with Crippen LogP contribution in [0.2, 0.25) is 0 Å². The second kappa shape index (κ2) is 6.26. The van der Waals surface area contributed by atoms with E-state index in [2.05, 4.69) is 5.32 Å². The van der Waals surface area contributed by atoms with Crippen LogP contribution in [-0.4, -0.2) is 23.7 Å². The lowest BCUT2D eigenvalue weighted by molar-refractivity contribution is -0.149. The van der Waals surface area contributed by atoms with Gasteiger partial charge in [-0.3, -0.25) is 0 Å². The average Bonchev–Trinajstić information content (AvgIpc) is 2.59. The first-order valence-electron chi connectivity index (χ1n) is 7.90. The molecule has 1 atom stereocenters. The third-order valence-corrected chi connectivity index (χ3v) is 4.56. The van der Waals surface area contributed by atoms with Crippen molar-refractivity contribution in [1.82, 2.24) is 4.90 Å². The molecule has 1 unspecified atom stereocenters. The van der Waals surface area contributed by atoms with Crippen LogP contribution in [0.3, 0.4) is 0 Å². The number of anilines is 1. The van der Waals surface area contributed by atoms with E-state index in [1.54, 1.807) is 18.2 Å². The number of rotatable bonds is 3. The lowest BCUT2D eigenvalue weighted by atomic mass is 9.76. The number of amides is 2. The zero-order valence-electron chi connectivity index (χ0n) is 13.7. The Bertz CT molecular complexity index is 837. The van der Waals surface area contributed by atoms with Crippen molar-refractivity contribution < 1.29 is 26.7 Å². The van der Waals surface area contributed by atoms with E-state index in [4.69, 9.17) is 0 Å². The lowest BCUT2D eigenvalue weighted by Gasteiger charge is -2.48. The number of benzene rings is 2. The molecule has 1 heterocycles. The molecule has 1 aliphatic rings. The number of carbonyl (C=O) groups is 1. The minimum absolute atomic E-state index is 0.0435. The van der Waals surface area contributed by atoms with Gasteiger partial charge in [0, 0.05) is 5.56 Å². The van der Waals surface area contributed by atoms with Crippen molar-refractivity contribution in [3.63, 3.8) is 0 Å². The summed E-state index contributed by atoms with van der Waals surface area (Å²) in [5, 5.41) is 2.24. The maximum Gasteiger partial charge on any atom is 0.406 e. The molecule has 0 saturated carbocycles. The van der Waals surface area contributed by atoms with Gasteiger partial charge < -0.3 is 10.2 Å². The maximum absolute atomic E-state index is 14.8. The molecule has 3 rings (SSSR count). The molecule has 2 aromatic rings. The van der Waals surface area contributed by atoms with Crippen molar-refractivity contribution in [2.45, 2.75) is 25.1 Å². The second-order valence-electron chi connectivity index (χ2n) is 6.00. The Kier molecular flexibility index (Phi) is 4.37. The highest BCUT2D eigenvalue weighted by atomic mass is 19.4. The number of fused-ring (bicyclic) bond motifs is 1. The first-order chi connectivity index (χ1) is 12.2. The first kappa shape index (κ1) is 18.2. The number of hydrogen-bond donors (Lipinski definition) is 1. The SMILES string of the molecule is CCC1(c2ccccc2)c2c(ccc(F)c2F)NC(=O)N1CC(F)(F)F. The Morgan fingerprint density at radius 1 is 1.08 bits per heavy atom. The summed E-state index contributed by atoms with van der Waals surface area (Å²) in [5.74, 6) is -2.47. The normalized spacial score (nSPS) is 19.9. The van der Waals surface area contributed by atoms with Crippen LogP contribution in [0.25, 0.3) is 0 Å². The fourth-order valence-corrected chi connectivity index (χ4v) is 3.52. The van der Waals surface area contributed by atoms with Gasteiger partial charge in [0.25, 0.3) is 0 Å². The quantitative estimate of drug-likeness (QED) is 0.756. The minimum Gasteiger partial charge on any atom is -0.307 e. The molecule has 0 radical (unpaired) electrons. The molecule has 0 spiro atoms. The number of nitrogens with zero attached hydrogens (tertiary/aromatic N) is 1. The van der Waals surface area contributed by atoms with E-state index < -0.39 is 35.9 Å². The van der Waals surface area contributed by atoms with Crippen LogP contribution >= 0.6 is 0 Å². The molecule has 26 heavy (non-hydrogen) atoms. The molecular weight excluding hydrogens is 355 g/mol. The average molecular weight is 370 g/mol. The van der Waals surface area contributed by atoms with Crippen LogP contribution in [0.5, 0.6) is 0 Å². The number of alkyl halides is 3. The Balaban J connectivity index is 2.36. The lowest BCUT2D eigenvalue weighted by Crippen LogP contribution is -2.58. The van der Waals surface area contributed by atoms with Crippen LogP contribution in [-0.2, 0) is 5.54 Å². The van der Waals surface area contributed by atoms with Crippen molar-refractivity contribution >= 4 is 11.7 Å². The van der Waals surface area contributed by atoms with Gasteiger partial charge >= 0.3 is 12.2 Å². The predicted molar refractivity (Wildman–Crippen MR) is 85.7 cm³/mol. The van der Waals surface area contributed by atoms with E-state index >= 15 is 0 Å². The van der Waals surface area contributed by atoms with Crippen molar-refractivity contribution in [2.24, 2.45) is 0 Å². The Labute approximate surface area is 146 Å². The van der Waals surface area contributed by atoms with Gasteiger partial charge in [0.05, 0.1) is 5.69 Å². The fraction of sp³-hybridized carbons (Fsp3) is 0.278. The van der Waals surface area contributed by atoms with Crippen LogP contribution in [0.4, 0.5) is 32.4 Å². The van der Waals surface area contributed by atoms with Crippen LogP contribution < -0.4 is 5.32 Å². The molecule has 0 saturated heterocycles. The van der Waals surface area contributed by atoms with Crippen LogP contribution in [0.1, 0.15) is 24.5 Å². The third kappa shape index (κ3) is 2.79. The Morgan fingerprint density at radius 2 is 1.73 bits per heavy atom. The molecule has 0 aliphatic carbocycles. The Hall–Kier alpha value is -2.64. The summed E-state index contributed by atoms with van der Waals surface area (Å²) in [4.78, 5) is 13.0. The van der Waals surface area contributed by atoms with E-state index in [1.165, 1.54) is 19.1 Å². The number of carbonyl (C=O) groups excluding carboxylic acids is 1. The smallest absolute Gasteiger partial charge is 0.307 e. The van der Waals surface area contributed by atoms with E-state index in [0.717, 1.165) is 12.1 Å². The van der Waals surface area contributed by atoms with E-state index in [0.29, 0.717) is 4.90 Å². The molecule has 2 aromatic carbocycles. The molecule has 0 aromatic heterocycles. The molecule has 138 valence electrons. The predicted octanol–water partition coefficient (Wildman–Crippen LogP) is 5.03. The van der Waals surface area contributed by atoms with E-state index in [9.17, 15) is 26.7 Å². The molecule has 1 N–H and O–H groups in total. The molecule has 0 bridgehead atoms. The molecule has 2 amide bonds. The molecule has 8 heteroatoms. The van der Waals surface area contributed by atoms with Gasteiger partial charge in [-0.1, -0.05) is 37.3 Å². The number of hydrogen-bond acceptors (Lipinski definition) is 1. The van der Waals surface area contributed by atoms with Crippen molar-refractivity contribution in [3.05, 3.63) is 65.2 Å². The van der Waals surface area contributed by atoms with E-state index in [1.807, 2.05) is 0 Å². The summed E-state index contributed by atoms with van der Waals surface area (Å²) < 4.78 is 68.2. The maximum atomic E-state index is 14.8. The van der Waals surface area contributed by atoms with Gasteiger partial charge in [-0.2, -0.15) is 13.2 Å². The van der Waals surface area contributed by atoms with Gasteiger partial charge in [0.2, 0.25) is 0 Å². The largest absolute Gasteiger partial charge is 0.406 e.